The number of nitrogens with zero attached hydrogens (tertiary/aromatic N) is 3. The van der Waals surface area contributed by atoms with Gasteiger partial charge in [0.05, 0.1) is 16.7 Å². The third-order valence-corrected chi connectivity index (χ3v) is 5.24. The second-order valence-corrected chi connectivity index (χ2v) is 6.76. The van der Waals surface area contributed by atoms with Crippen LogP contribution in [0.2, 0.25) is 0 Å². The fourth-order valence-electron chi connectivity index (χ4n) is 4.03. The van der Waals surface area contributed by atoms with Gasteiger partial charge in [-0.25, -0.2) is 4.98 Å². The molecule has 3 nitrogen and oxygen atoms in total. The van der Waals surface area contributed by atoms with Crippen LogP contribution in [0.3, 0.4) is 0 Å². The summed E-state index contributed by atoms with van der Waals surface area (Å²) in [5, 5.41) is 4.84. The Morgan fingerprint density at radius 3 is 2.41 bits per heavy atom. The van der Waals surface area contributed by atoms with E-state index < -0.39 is 0 Å². The third-order valence-electron chi connectivity index (χ3n) is 5.24. The Labute approximate surface area is 155 Å². The first kappa shape index (κ1) is 14.4. The molecule has 0 bridgehead atoms. The first-order valence-corrected chi connectivity index (χ1v) is 9.03. The monoisotopic (exact) mass is 345 g/mol. The lowest BCUT2D eigenvalue weighted by atomic mass is 9.97. The minimum absolute atomic E-state index is 0.971. The molecule has 0 unspecified atom stereocenters. The number of benzene rings is 3. The maximum Gasteiger partial charge on any atom is 0.137 e. The quantitative estimate of drug-likeness (QED) is 0.350. The van der Waals surface area contributed by atoms with Crippen molar-refractivity contribution in [3.63, 3.8) is 0 Å². The Morgan fingerprint density at radius 2 is 1.52 bits per heavy atom. The van der Waals surface area contributed by atoms with Gasteiger partial charge in [-0.3, -0.25) is 9.38 Å². The summed E-state index contributed by atoms with van der Waals surface area (Å²) >= 11 is 0. The highest BCUT2D eigenvalue weighted by Crippen LogP contribution is 2.36. The zero-order chi connectivity index (χ0) is 17.8. The van der Waals surface area contributed by atoms with Gasteiger partial charge in [-0.15, -0.1) is 0 Å². The molecule has 3 aromatic carbocycles. The van der Waals surface area contributed by atoms with Crippen molar-refractivity contribution >= 4 is 38.2 Å². The molecule has 27 heavy (non-hydrogen) atoms. The van der Waals surface area contributed by atoms with Gasteiger partial charge < -0.3 is 0 Å². The fourth-order valence-corrected chi connectivity index (χ4v) is 4.03. The summed E-state index contributed by atoms with van der Waals surface area (Å²) in [5.41, 5.74) is 5.30. The average molecular weight is 345 g/mol. The van der Waals surface area contributed by atoms with E-state index in [9.17, 15) is 0 Å². The van der Waals surface area contributed by atoms with Crippen LogP contribution in [0.25, 0.3) is 49.5 Å². The van der Waals surface area contributed by atoms with E-state index >= 15 is 0 Å². The van der Waals surface area contributed by atoms with Crippen molar-refractivity contribution in [2.75, 3.05) is 0 Å². The van der Waals surface area contributed by atoms with Gasteiger partial charge in [-0.2, -0.15) is 0 Å². The molecule has 6 aromatic rings. The molecule has 0 radical (unpaired) electrons. The number of imidazole rings is 1. The summed E-state index contributed by atoms with van der Waals surface area (Å²) in [4.78, 5) is 9.45. The van der Waals surface area contributed by atoms with Crippen LogP contribution in [0.4, 0.5) is 0 Å². The van der Waals surface area contributed by atoms with Crippen molar-refractivity contribution in [3.05, 3.63) is 91.3 Å². The molecule has 0 saturated carbocycles. The maximum atomic E-state index is 4.92. The standard InChI is InChI=1S/C24H15N3/c1-2-8-18-17(7-1)20-15-16(21-9-3-5-13-25-21)11-12-19(20)24-23(18)26-22-10-4-6-14-27(22)24/h1-15H. The fraction of sp³-hybridized carbons (Fsp3) is 0. The Hall–Kier alpha value is -3.72. The van der Waals surface area contributed by atoms with E-state index in [0.717, 1.165) is 27.9 Å². The van der Waals surface area contributed by atoms with Gasteiger partial charge in [-0.05, 0) is 41.1 Å². The van der Waals surface area contributed by atoms with Crippen LogP contribution in [-0.4, -0.2) is 14.4 Å². The van der Waals surface area contributed by atoms with Crippen LogP contribution in [0.5, 0.6) is 0 Å². The summed E-state index contributed by atoms with van der Waals surface area (Å²) < 4.78 is 2.19. The highest BCUT2D eigenvalue weighted by Gasteiger charge is 2.14. The van der Waals surface area contributed by atoms with Crippen molar-refractivity contribution in [2.24, 2.45) is 0 Å². The lowest BCUT2D eigenvalue weighted by molar-refractivity contribution is 1.23. The van der Waals surface area contributed by atoms with Gasteiger partial charge in [0.1, 0.15) is 5.65 Å². The minimum Gasteiger partial charge on any atom is -0.299 e. The third kappa shape index (κ3) is 2.02. The van der Waals surface area contributed by atoms with Crippen molar-refractivity contribution in [1.82, 2.24) is 14.4 Å². The molecule has 0 N–H and O–H groups in total. The topological polar surface area (TPSA) is 30.2 Å². The Bertz CT molecular complexity index is 1460. The molecule has 0 atom stereocenters. The predicted octanol–water partition coefficient (Wildman–Crippen LogP) is 5.86. The second-order valence-electron chi connectivity index (χ2n) is 6.76. The summed E-state index contributed by atoms with van der Waals surface area (Å²) in [6.45, 7) is 0. The van der Waals surface area contributed by atoms with Gasteiger partial charge in [0.15, 0.2) is 0 Å². The lowest BCUT2D eigenvalue weighted by Crippen LogP contribution is -1.88. The number of rotatable bonds is 1. The lowest BCUT2D eigenvalue weighted by Gasteiger charge is -2.09. The van der Waals surface area contributed by atoms with E-state index in [2.05, 4.69) is 76.2 Å². The predicted molar refractivity (Wildman–Crippen MR) is 111 cm³/mol. The van der Waals surface area contributed by atoms with Crippen LogP contribution in [0, 0.1) is 0 Å². The number of aromatic nitrogens is 3. The van der Waals surface area contributed by atoms with Crippen LogP contribution in [0.1, 0.15) is 0 Å². The molecule has 0 aliphatic heterocycles. The van der Waals surface area contributed by atoms with E-state index in [1.54, 1.807) is 0 Å². The maximum absolute atomic E-state index is 4.92. The number of pyridine rings is 2. The van der Waals surface area contributed by atoms with Gasteiger partial charge in [0.25, 0.3) is 0 Å². The van der Waals surface area contributed by atoms with Gasteiger partial charge in [0, 0.05) is 28.7 Å². The zero-order valence-corrected chi connectivity index (χ0v) is 14.5. The molecule has 0 aliphatic carbocycles. The highest BCUT2D eigenvalue weighted by atomic mass is 15.0. The second kappa shape index (κ2) is 5.39. The highest BCUT2D eigenvalue weighted by molar-refractivity contribution is 6.24. The van der Waals surface area contributed by atoms with Crippen LogP contribution < -0.4 is 0 Å². The van der Waals surface area contributed by atoms with E-state index in [-0.39, 0.29) is 0 Å². The summed E-state index contributed by atoms with van der Waals surface area (Å²) in [6.07, 6.45) is 3.93. The smallest absolute Gasteiger partial charge is 0.137 e. The molecule has 0 amide bonds. The molecule has 3 aromatic heterocycles. The van der Waals surface area contributed by atoms with Crippen molar-refractivity contribution in [2.45, 2.75) is 0 Å². The molecule has 126 valence electrons. The molecule has 3 heteroatoms. The summed E-state index contributed by atoms with van der Waals surface area (Å²) in [5.74, 6) is 0. The molecular formula is C24H15N3. The van der Waals surface area contributed by atoms with E-state index in [0.29, 0.717) is 0 Å². The molecule has 0 fully saturated rings. The normalized spacial score (nSPS) is 11.7. The van der Waals surface area contributed by atoms with Gasteiger partial charge >= 0.3 is 0 Å². The summed E-state index contributed by atoms with van der Waals surface area (Å²) in [7, 11) is 0. The minimum atomic E-state index is 0.971. The summed E-state index contributed by atoms with van der Waals surface area (Å²) in [6, 6.07) is 27.3. The molecule has 0 spiro atoms. The van der Waals surface area contributed by atoms with Crippen molar-refractivity contribution in [3.8, 4) is 11.3 Å². The van der Waals surface area contributed by atoms with E-state index in [1.165, 1.54) is 21.5 Å². The SMILES string of the molecule is c1ccc(-c2ccc3c(c2)c2ccccc2c2nc4ccccn4c32)nc1. The van der Waals surface area contributed by atoms with E-state index in [4.69, 9.17) is 4.98 Å². The van der Waals surface area contributed by atoms with Gasteiger partial charge in [0.2, 0.25) is 0 Å². The van der Waals surface area contributed by atoms with Crippen molar-refractivity contribution in [1.29, 1.82) is 0 Å². The molecular weight excluding hydrogens is 330 g/mol. The average Bonchev–Trinajstić information content (AvgIpc) is 3.14. The molecule has 3 heterocycles. The van der Waals surface area contributed by atoms with E-state index in [1.807, 2.05) is 24.4 Å². The Kier molecular flexibility index (Phi) is 2.88. The number of hydrogen-bond acceptors (Lipinski definition) is 2. The Morgan fingerprint density at radius 1 is 0.667 bits per heavy atom. The number of hydrogen-bond donors (Lipinski definition) is 0. The zero-order valence-electron chi connectivity index (χ0n) is 14.5. The van der Waals surface area contributed by atoms with Crippen LogP contribution in [0.15, 0.2) is 91.3 Å². The van der Waals surface area contributed by atoms with Crippen LogP contribution >= 0.6 is 0 Å². The number of fused-ring (bicyclic) bond motifs is 8. The largest absolute Gasteiger partial charge is 0.299 e. The van der Waals surface area contributed by atoms with Crippen molar-refractivity contribution < 1.29 is 0 Å². The van der Waals surface area contributed by atoms with Gasteiger partial charge in [-0.1, -0.05) is 48.5 Å². The molecule has 0 aliphatic rings. The first-order valence-electron chi connectivity index (χ1n) is 9.03. The first-order chi connectivity index (χ1) is 13.4. The Balaban J connectivity index is 1.85. The molecule has 6 rings (SSSR count). The van der Waals surface area contributed by atoms with Crippen LogP contribution in [-0.2, 0) is 0 Å². The molecule has 0 saturated heterocycles.